The van der Waals surface area contributed by atoms with Crippen LogP contribution in [0.15, 0.2) is 0 Å². The van der Waals surface area contributed by atoms with Crippen LogP contribution in [0.5, 0.6) is 0 Å². The van der Waals surface area contributed by atoms with Gasteiger partial charge in [0.15, 0.2) is 12.2 Å². The van der Waals surface area contributed by atoms with Gasteiger partial charge in [-0.3, -0.25) is 37.3 Å². The summed E-state index contributed by atoms with van der Waals surface area (Å²) in [4.78, 5) is 73.2. The normalized spacial score (nSPS) is 14.0. The van der Waals surface area contributed by atoms with Gasteiger partial charge >= 0.3 is 39.5 Å². The Hall–Kier alpha value is -1.94. The highest BCUT2D eigenvalue weighted by molar-refractivity contribution is 7.47. The molecule has 0 saturated carbocycles. The number of carbonyl (C=O) groups is 4. The summed E-state index contributed by atoms with van der Waals surface area (Å²) in [5, 5.41) is 10.7. The Morgan fingerprint density at radius 3 is 0.683 bits per heavy atom. The molecule has 17 nitrogen and oxygen atoms in total. The number of phosphoric ester groups is 2. The minimum absolute atomic E-state index is 0.109. The van der Waals surface area contributed by atoms with Crippen molar-refractivity contribution < 1.29 is 80.2 Å². The minimum Gasteiger partial charge on any atom is -0.462 e. The third kappa shape index (κ3) is 76.8. The average Bonchev–Trinajstić information content (AvgIpc) is 0.923. The zero-order valence-electron chi connectivity index (χ0n) is 68.2. The van der Waals surface area contributed by atoms with Crippen LogP contribution < -0.4 is 0 Å². The molecule has 0 saturated heterocycles. The molecule has 0 aromatic carbocycles. The quantitative estimate of drug-likeness (QED) is 0.0222. The first kappa shape index (κ1) is 102. The molecule has 0 fully saturated rings. The minimum atomic E-state index is -4.96. The van der Waals surface area contributed by atoms with Gasteiger partial charge in [0.2, 0.25) is 0 Å². The molecule has 6 atom stereocenters. The van der Waals surface area contributed by atoms with Crippen LogP contribution in [0.25, 0.3) is 0 Å². The van der Waals surface area contributed by atoms with Crippen molar-refractivity contribution in [1.29, 1.82) is 0 Å². The first-order valence-electron chi connectivity index (χ1n) is 44.2. The molecule has 0 aliphatic rings. The lowest BCUT2D eigenvalue weighted by molar-refractivity contribution is -0.161. The molecule has 0 aliphatic carbocycles. The maximum Gasteiger partial charge on any atom is 0.472 e. The number of aliphatic hydroxyl groups is 1. The Bertz CT molecular complexity index is 1980. The van der Waals surface area contributed by atoms with Gasteiger partial charge in [-0.05, 0) is 31.6 Å². The molecular formula is C85H166O17P2. The molecule has 0 radical (unpaired) electrons. The van der Waals surface area contributed by atoms with Crippen molar-refractivity contribution in [3.05, 3.63) is 0 Å². The molecule has 618 valence electrons. The Labute approximate surface area is 638 Å². The number of aliphatic hydroxyl groups excluding tert-OH is 1. The highest BCUT2D eigenvalue weighted by Gasteiger charge is 2.30. The van der Waals surface area contributed by atoms with Crippen molar-refractivity contribution in [3.8, 4) is 0 Å². The second kappa shape index (κ2) is 77.8. The summed E-state index contributed by atoms with van der Waals surface area (Å²) in [5.74, 6) is -1.25. The van der Waals surface area contributed by atoms with Crippen LogP contribution in [-0.4, -0.2) is 96.7 Å². The number of hydrogen-bond donors (Lipinski definition) is 3. The summed E-state index contributed by atoms with van der Waals surface area (Å²) in [7, 11) is -9.93. The summed E-state index contributed by atoms with van der Waals surface area (Å²) >= 11 is 0. The van der Waals surface area contributed by atoms with E-state index >= 15 is 0 Å². The van der Waals surface area contributed by atoms with Crippen molar-refractivity contribution in [3.63, 3.8) is 0 Å². The molecule has 19 heteroatoms. The van der Waals surface area contributed by atoms with E-state index < -0.39 is 97.5 Å². The van der Waals surface area contributed by atoms with E-state index in [9.17, 15) is 43.2 Å². The van der Waals surface area contributed by atoms with E-state index in [2.05, 4.69) is 34.6 Å². The molecule has 0 aromatic rings. The van der Waals surface area contributed by atoms with Gasteiger partial charge in [0, 0.05) is 25.7 Å². The highest BCUT2D eigenvalue weighted by atomic mass is 31.2. The second-order valence-corrected chi connectivity index (χ2v) is 33.7. The average molecular weight is 1520 g/mol. The molecule has 0 spiro atoms. The molecule has 0 bridgehead atoms. The van der Waals surface area contributed by atoms with Crippen molar-refractivity contribution in [2.75, 3.05) is 39.6 Å². The van der Waals surface area contributed by atoms with Crippen LogP contribution in [0.4, 0.5) is 0 Å². The zero-order valence-corrected chi connectivity index (χ0v) is 70.0. The zero-order chi connectivity index (χ0) is 76.2. The molecule has 0 amide bonds. The molecule has 0 rings (SSSR count). The van der Waals surface area contributed by atoms with Crippen LogP contribution in [0.3, 0.4) is 0 Å². The van der Waals surface area contributed by atoms with Crippen molar-refractivity contribution in [2.24, 2.45) is 5.92 Å². The van der Waals surface area contributed by atoms with Gasteiger partial charge in [0.05, 0.1) is 26.4 Å². The van der Waals surface area contributed by atoms with E-state index in [-0.39, 0.29) is 25.7 Å². The SMILES string of the molecule is CCCCCCCCCCCCCCCCCCCCC(=O)OC[C@H](COP(=O)(O)OC[C@@H](O)COP(=O)(O)OC[C@@H](COC(=O)CCCCCCCCCCCCCC)OC(=O)CCCCCCCCCCCCCCCCCC)OC(=O)CCCCCCCCCCCCCCCCC(C)CC. The fraction of sp³-hybridized carbons (Fsp3) is 0.953. The monoisotopic (exact) mass is 1520 g/mol. The first-order valence-corrected chi connectivity index (χ1v) is 47.2. The number of hydrogen-bond acceptors (Lipinski definition) is 15. The summed E-state index contributed by atoms with van der Waals surface area (Å²) in [6, 6.07) is 0. The molecule has 0 aliphatic heterocycles. The smallest absolute Gasteiger partial charge is 0.462 e. The molecule has 104 heavy (non-hydrogen) atoms. The maximum atomic E-state index is 13.1. The standard InChI is InChI=1S/C85H166O17P2/c1-6-10-13-16-19-22-25-28-30-32-33-35-39-44-49-54-59-64-69-83(88)96-75-81(102-85(90)71-66-61-56-51-46-41-37-36-38-42-47-52-57-62-67-78(5)9-4)77-100-104(93,94)98-73-79(86)72-97-103(91,92)99-76-80(74-95-82(87)68-63-58-53-48-43-27-24-21-18-15-12-8-3)101-84(89)70-65-60-55-50-45-40-34-31-29-26-23-20-17-14-11-7-2/h78-81,86H,6-77H2,1-5H3,(H,91,92)(H,93,94)/t78?,79-,80+,81+/m0/s1. The number of unbranched alkanes of at least 4 members (excludes halogenated alkanes) is 56. The molecule has 0 heterocycles. The number of ether oxygens (including phenoxy) is 4. The van der Waals surface area contributed by atoms with Gasteiger partial charge in [-0.25, -0.2) is 9.13 Å². The Morgan fingerprint density at radius 2 is 0.462 bits per heavy atom. The van der Waals surface area contributed by atoms with Gasteiger partial charge in [-0.2, -0.15) is 0 Å². The summed E-state index contributed by atoms with van der Waals surface area (Å²) in [6.07, 6.45) is 70.6. The van der Waals surface area contributed by atoms with Crippen molar-refractivity contribution in [2.45, 2.75) is 477 Å². The largest absolute Gasteiger partial charge is 0.472 e. The third-order valence-corrected chi connectivity index (χ3v) is 22.3. The predicted molar refractivity (Wildman–Crippen MR) is 428 cm³/mol. The van der Waals surface area contributed by atoms with Crippen molar-refractivity contribution in [1.82, 2.24) is 0 Å². The summed E-state index contributed by atoms with van der Waals surface area (Å²) < 4.78 is 68.9. The number of esters is 4. The Morgan fingerprint density at radius 1 is 0.269 bits per heavy atom. The molecule has 3 unspecified atom stereocenters. The third-order valence-electron chi connectivity index (χ3n) is 20.4. The van der Waals surface area contributed by atoms with Gasteiger partial charge in [0.1, 0.15) is 19.3 Å². The molecule has 3 N–H and O–H groups in total. The van der Waals surface area contributed by atoms with E-state index in [1.54, 1.807) is 0 Å². The molecular weight excluding hydrogens is 1350 g/mol. The van der Waals surface area contributed by atoms with Gasteiger partial charge < -0.3 is 33.8 Å². The topological polar surface area (TPSA) is 237 Å². The fourth-order valence-electron chi connectivity index (χ4n) is 13.3. The lowest BCUT2D eigenvalue weighted by Crippen LogP contribution is -2.30. The van der Waals surface area contributed by atoms with E-state index in [4.69, 9.17) is 37.0 Å². The van der Waals surface area contributed by atoms with E-state index in [0.717, 1.165) is 95.8 Å². The lowest BCUT2D eigenvalue weighted by atomic mass is 9.99. The van der Waals surface area contributed by atoms with Crippen LogP contribution >= 0.6 is 15.6 Å². The van der Waals surface area contributed by atoms with Crippen LogP contribution in [0.2, 0.25) is 0 Å². The number of rotatable bonds is 85. The van der Waals surface area contributed by atoms with Crippen molar-refractivity contribution >= 4 is 39.5 Å². The lowest BCUT2D eigenvalue weighted by Gasteiger charge is -2.21. The van der Waals surface area contributed by atoms with E-state index in [1.807, 2.05) is 0 Å². The highest BCUT2D eigenvalue weighted by Crippen LogP contribution is 2.45. The van der Waals surface area contributed by atoms with Gasteiger partial charge in [0.25, 0.3) is 0 Å². The predicted octanol–water partition coefficient (Wildman–Crippen LogP) is 26.0. The molecule has 0 aromatic heterocycles. The van der Waals surface area contributed by atoms with E-state index in [1.165, 1.54) is 283 Å². The van der Waals surface area contributed by atoms with Crippen LogP contribution in [-0.2, 0) is 65.4 Å². The summed E-state index contributed by atoms with van der Waals surface area (Å²) in [6.45, 7) is 7.42. The van der Waals surface area contributed by atoms with Crippen LogP contribution in [0, 0.1) is 5.92 Å². The van der Waals surface area contributed by atoms with Gasteiger partial charge in [-0.1, -0.05) is 407 Å². The Balaban J connectivity index is 5.26. The second-order valence-electron chi connectivity index (χ2n) is 30.8. The summed E-state index contributed by atoms with van der Waals surface area (Å²) in [5.41, 5.74) is 0. The Kier molecular flexibility index (Phi) is 76.3. The maximum absolute atomic E-state index is 13.1. The van der Waals surface area contributed by atoms with E-state index in [0.29, 0.717) is 25.7 Å². The number of carbonyl (C=O) groups excluding carboxylic acids is 4. The van der Waals surface area contributed by atoms with Crippen LogP contribution in [0.1, 0.15) is 458 Å². The van der Waals surface area contributed by atoms with Gasteiger partial charge in [-0.15, -0.1) is 0 Å². The number of phosphoric acid groups is 2. The fourth-order valence-corrected chi connectivity index (χ4v) is 14.8. The first-order chi connectivity index (χ1) is 50.6.